The van der Waals surface area contributed by atoms with E-state index in [1.54, 1.807) is 6.92 Å². The van der Waals surface area contributed by atoms with Crippen molar-refractivity contribution in [1.82, 2.24) is 9.80 Å². The largest absolute Gasteiger partial charge is 0.304 e. The molecule has 0 rings (SSSR count). The summed E-state index contributed by atoms with van der Waals surface area (Å²) in [4.78, 5) is 16.0. The monoisotopic (exact) mass is 242 g/mol. The Morgan fingerprint density at radius 2 is 1.65 bits per heavy atom. The molecule has 102 valence electrons. The first-order valence-electron chi connectivity index (χ1n) is 7.00. The van der Waals surface area contributed by atoms with Crippen LogP contribution >= 0.6 is 0 Å². The van der Waals surface area contributed by atoms with Crippen LogP contribution < -0.4 is 0 Å². The molecule has 0 spiro atoms. The Labute approximate surface area is 107 Å². The number of nitrogens with zero attached hydrogens (tertiary/aromatic N) is 2. The van der Waals surface area contributed by atoms with E-state index < -0.39 is 0 Å². The van der Waals surface area contributed by atoms with Crippen LogP contribution in [0, 0.1) is 0 Å². The third kappa shape index (κ3) is 7.50. The second-order valence-corrected chi connectivity index (χ2v) is 4.76. The Morgan fingerprint density at radius 3 is 2.06 bits per heavy atom. The molecule has 1 unspecified atom stereocenters. The standard InChI is InChI=1S/C14H30N2O/c1-6-15(7-2)10-9-11-16(8-3)13(4)12-14(5)17/h13H,6-12H2,1-5H3. The second kappa shape index (κ2) is 9.60. The van der Waals surface area contributed by atoms with Gasteiger partial charge in [-0.3, -0.25) is 4.79 Å². The van der Waals surface area contributed by atoms with E-state index >= 15 is 0 Å². The Morgan fingerprint density at radius 1 is 1.06 bits per heavy atom. The minimum absolute atomic E-state index is 0.291. The van der Waals surface area contributed by atoms with Gasteiger partial charge in [-0.1, -0.05) is 20.8 Å². The van der Waals surface area contributed by atoms with E-state index in [0.717, 1.165) is 32.7 Å². The summed E-state index contributed by atoms with van der Waals surface area (Å²) in [6.45, 7) is 16.0. The summed E-state index contributed by atoms with van der Waals surface area (Å²) in [6, 6.07) is 0.384. The van der Waals surface area contributed by atoms with E-state index in [1.807, 2.05) is 0 Å². The number of rotatable bonds is 10. The van der Waals surface area contributed by atoms with Crippen LogP contribution in [0.25, 0.3) is 0 Å². The molecule has 0 heterocycles. The van der Waals surface area contributed by atoms with Crippen LogP contribution in [0.3, 0.4) is 0 Å². The first kappa shape index (κ1) is 16.6. The fraction of sp³-hybridized carbons (Fsp3) is 0.929. The lowest BCUT2D eigenvalue weighted by molar-refractivity contribution is -0.118. The number of Topliss-reactive ketones (excluding diaryl/α,β-unsaturated/α-hetero) is 1. The van der Waals surface area contributed by atoms with Crippen molar-refractivity contribution in [3.63, 3.8) is 0 Å². The van der Waals surface area contributed by atoms with Gasteiger partial charge in [0.15, 0.2) is 0 Å². The normalized spacial score (nSPS) is 13.4. The van der Waals surface area contributed by atoms with Crippen LogP contribution in [-0.2, 0) is 4.79 Å². The number of ketones is 1. The summed E-state index contributed by atoms with van der Waals surface area (Å²) in [5.41, 5.74) is 0. The Balaban J connectivity index is 3.92. The zero-order valence-electron chi connectivity index (χ0n) is 12.3. The molecule has 1 atom stereocenters. The van der Waals surface area contributed by atoms with Crippen LogP contribution in [0.15, 0.2) is 0 Å². The van der Waals surface area contributed by atoms with Gasteiger partial charge in [-0.15, -0.1) is 0 Å². The summed E-state index contributed by atoms with van der Waals surface area (Å²) in [5, 5.41) is 0. The maximum Gasteiger partial charge on any atom is 0.131 e. The smallest absolute Gasteiger partial charge is 0.131 e. The summed E-state index contributed by atoms with van der Waals surface area (Å²) >= 11 is 0. The van der Waals surface area contributed by atoms with Gasteiger partial charge in [0.2, 0.25) is 0 Å². The first-order valence-corrected chi connectivity index (χ1v) is 7.00. The van der Waals surface area contributed by atoms with E-state index in [2.05, 4.69) is 37.5 Å². The molecule has 0 saturated carbocycles. The molecule has 0 radical (unpaired) electrons. The molecule has 0 fully saturated rings. The highest BCUT2D eigenvalue weighted by molar-refractivity contribution is 5.76. The van der Waals surface area contributed by atoms with Crippen molar-refractivity contribution >= 4 is 5.78 Å². The topological polar surface area (TPSA) is 23.6 Å². The molecule has 0 N–H and O–H groups in total. The molecule has 0 aromatic heterocycles. The molecule has 0 amide bonds. The van der Waals surface area contributed by atoms with Gasteiger partial charge in [0.05, 0.1) is 0 Å². The fourth-order valence-electron chi connectivity index (χ4n) is 2.27. The molecule has 17 heavy (non-hydrogen) atoms. The van der Waals surface area contributed by atoms with Crippen molar-refractivity contribution in [1.29, 1.82) is 0 Å². The highest BCUT2D eigenvalue weighted by atomic mass is 16.1. The first-order chi connectivity index (χ1) is 8.04. The van der Waals surface area contributed by atoms with Gasteiger partial charge in [0.25, 0.3) is 0 Å². The quantitative estimate of drug-likeness (QED) is 0.588. The molecular formula is C14H30N2O. The van der Waals surface area contributed by atoms with Gasteiger partial charge in [0, 0.05) is 12.5 Å². The van der Waals surface area contributed by atoms with E-state index in [-0.39, 0.29) is 0 Å². The van der Waals surface area contributed by atoms with Crippen LogP contribution in [0.5, 0.6) is 0 Å². The zero-order valence-corrected chi connectivity index (χ0v) is 12.3. The van der Waals surface area contributed by atoms with E-state index in [1.165, 1.54) is 6.42 Å². The second-order valence-electron chi connectivity index (χ2n) is 4.76. The molecule has 0 aliphatic heterocycles. The summed E-state index contributed by atoms with van der Waals surface area (Å²) in [6.07, 6.45) is 1.87. The molecule has 0 saturated heterocycles. The molecule has 3 heteroatoms. The molecule has 0 aliphatic carbocycles. The Kier molecular flexibility index (Phi) is 9.37. The third-order valence-electron chi connectivity index (χ3n) is 3.43. The van der Waals surface area contributed by atoms with Crippen molar-refractivity contribution in [2.24, 2.45) is 0 Å². The van der Waals surface area contributed by atoms with Crippen molar-refractivity contribution in [3.8, 4) is 0 Å². The highest BCUT2D eigenvalue weighted by Crippen LogP contribution is 2.05. The van der Waals surface area contributed by atoms with Gasteiger partial charge in [-0.05, 0) is 53.0 Å². The van der Waals surface area contributed by atoms with E-state index in [0.29, 0.717) is 18.2 Å². The third-order valence-corrected chi connectivity index (χ3v) is 3.43. The van der Waals surface area contributed by atoms with Gasteiger partial charge >= 0.3 is 0 Å². The summed E-state index contributed by atoms with van der Waals surface area (Å²) in [5.74, 6) is 0.291. The minimum atomic E-state index is 0.291. The van der Waals surface area contributed by atoms with Gasteiger partial charge in [0.1, 0.15) is 5.78 Å². The van der Waals surface area contributed by atoms with Gasteiger partial charge in [-0.2, -0.15) is 0 Å². The summed E-state index contributed by atoms with van der Waals surface area (Å²) in [7, 11) is 0. The number of hydrogen-bond acceptors (Lipinski definition) is 3. The number of hydrogen-bond donors (Lipinski definition) is 0. The minimum Gasteiger partial charge on any atom is -0.304 e. The number of carbonyl (C=O) groups is 1. The average molecular weight is 242 g/mol. The average Bonchev–Trinajstić information content (AvgIpc) is 2.28. The molecule has 0 bridgehead atoms. The van der Waals surface area contributed by atoms with Crippen LogP contribution in [0.4, 0.5) is 0 Å². The van der Waals surface area contributed by atoms with Gasteiger partial charge < -0.3 is 9.80 Å². The van der Waals surface area contributed by atoms with Gasteiger partial charge in [-0.25, -0.2) is 0 Å². The van der Waals surface area contributed by atoms with Crippen LogP contribution in [0.2, 0.25) is 0 Å². The van der Waals surface area contributed by atoms with Crippen LogP contribution in [-0.4, -0.2) is 54.3 Å². The molecule has 0 aromatic rings. The Hall–Kier alpha value is -0.410. The van der Waals surface area contributed by atoms with E-state index in [4.69, 9.17) is 0 Å². The lowest BCUT2D eigenvalue weighted by Crippen LogP contribution is -2.36. The summed E-state index contributed by atoms with van der Waals surface area (Å²) < 4.78 is 0. The maximum absolute atomic E-state index is 11.1. The zero-order chi connectivity index (χ0) is 13.3. The highest BCUT2D eigenvalue weighted by Gasteiger charge is 2.13. The van der Waals surface area contributed by atoms with Crippen molar-refractivity contribution in [3.05, 3.63) is 0 Å². The van der Waals surface area contributed by atoms with Crippen molar-refractivity contribution in [2.75, 3.05) is 32.7 Å². The predicted molar refractivity (Wildman–Crippen MR) is 74.4 cm³/mol. The molecule has 0 aliphatic rings. The molecule has 3 nitrogen and oxygen atoms in total. The lowest BCUT2D eigenvalue weighted by atomic mass is 10.1. The van der Waals surface area contributed by atoms with Crippen molar-refractivity contribution < 1.29 is 4.79 Å². The predicted octanol–water partition coefficient (Wildman–Crippen LogP) is 2.41. The number of carbonyl (C=O) groups excluding carboxylic acids is 1. The van der Waals surface area contributed by atoms with Crippen molar-refractivity contribution in [2.45, 2.75) is 53.5 Å². The van der Waals surface area contributed by atoms with Crippen LogP contribution in [0.1, 0.15) is 47.5 Å². The maximum atomic E-state index is 11.1. The molecular weight excluding hydrogens is 212 g/mol. The Bertz CT molecular complexity index is 202. The molecule has 0 aromatic carbocycles. The SMILES string of the molecule is CCN(CC)CCCN(CC)C(C)CC(C)=O. The lowest BCUT2D eigenvalue weighted by Gasteiger charge is -2.28. The van der Waals surface area contributed by atoms with E-state index in [9.17, 15) is 4.79 Å². The fourth-order valence-corrected chi connectivity index (χ4v) is 2.27.